The van der Waals surface area contributed by atoms with Gasteiger partial charge in [0.25, 0.3) is 0 Å². The van der Waals surface area contributed by atoms with Crippen LogP contribution < -0.4 is 20.7 Å². The smallest absolute Gasteiger partial charge is 0.315 e. The molecule has 5 rings (SSSR count). The van der Waals surface area contributed by atoms with Crippen molar-refractivity contribution in [1.82, 2.24) is 25.8 Å². The summed E-state index contributed by atoms with van der Waals surface area (Å²) < 4.78 is 17.8. The highest BCUT2D eigenvalue weighted by Gasteiger charge is 2.51. The van der Waals surface area contributed by atoms with Crippen LogP contribution in [0.1, 0.15) is 64.2 Å². The van der Waals surface area contributed by atoms with Crippen molar-refractivity contribution >= 4 is 28.7 Å². The first-order valence-corrected chi connectivity index (χ1v) is 18.5. The van der Waals surface area contributed by atoms with E-state index in [0.717, 1.165) is 27.6 Å². The van der Waals surface area contributed by atoms with Crippen molar-refractivity contribution < 1.29 is 28.6 Å². The third-order valence-corrected chi connectivity index (χ3v) is 9.10. The molecule has 4 aromatic rings. The Balaban J connectivity index is 1.38. The van der Waals surface area contributed by atoms with Gasteiger partial charge in [0.1, 0.15) is 17.4 Å². The first kappa shape index (κ1) is 39.2. The van der Waals surface area contributed by atoms with Crippen LogP contribution in [0.15, 0.2) is 91.1 Å². The maximum absolute atomic E-state index is 14.8. The summed E-state index contributed by atoms with van der Waals surface area (Å²) in [6.45, 7) is 11.5. The Bertz CT molecular complexity index is 1800. The Kier molecular flexibility index (Phi) is 13.4. The lowest BCUT2D eigenvalue weighted by molar-refractivity contribution is -0.161. The number of aromatic nitrogens is 1. The van der Waals surface area contributed by atoms with Gasteiger partial charge in [0.2, 0.25) is 11.8 Å². The molecule has 1 fully saturated rings. The molecular weight excluding hydrogens is 670 g/mol. The second-order valence-corrected chi connectivity index (χ2v) is 14.4. The van der Waals surface area contributed by atoms with E-state index in [0.29, 0.717) is 38.3 Å². The standard InChI is InChI=1S/C42H53N5O6/c1-6-51-37(52-7-2)28-47(27-32-21-24-43-35-16-12-11-15-34(32)35)38(48)36(25-30-17-19-33(20-18-30)53-41(3,4)5)46-39(49)42(22-23-42)29-45-40(50)44-26-31-13-9-8-10-14-31/h8-21,24,36-37H,6-7,22-23,25-29H2,1-5H3,(H,46,49)(H2,44,45,50)/t36-/m0/s1. The summed E-state index contributed by atoms with van der Waals surface area (Å²) in [5, 5.41) is 9.79. The van der Waals surface area contributed by atoms with E-state index < -0.39 is 17.7 Å². The lowest BCUT2D eigenvalue weighted by atomic mass is 10.0. The van der Waals surface area contributed by atoms with Gasteiger partial charge >= 0.3 is 6.03 Å². The molecule has 53 heavy (non-hydrogen) atoms. The molecule has 0 radical (unpaired) electrons. The lowest BCUT2D eigenvalue weighted by Gasteiger charge is -2.32. The van der Waals surface area contributed by atoms with Crippen LogP contribution in [0.2, 0.25) is 0 Å². The normalized spacial score (nSPS) is 14.0. The minimum atomic E-state index is -0.918. The second kappa shape index (κ2) is 18.2. The number of urea groups is 1. The predicted octanol–water partition coefficient (Wildman–Crippen LogP) is 6.15. The monoisotopic (exact) mass is 723 g/mol. The van der Waals surface area contributed by atoms with Crippen molar-refractivity contribution in [2.75, 3.05) is 26.3 Å². The van der Waals surface area contributed by atoms with Gasteiger partial charge < -0.3 is 35.1 Å². The van der Waals surface area contributed by atoms with E-state index in [4.69, 9.17) is 14.2 Å². The maximum atomic E-state index is 14.8. The highest BCUT2D eigenvalue weighted by Crippen LogP contribution is 2.45. The van der Waals surface area contributed by atoms with Gasteiger partial charge in [-0.2, -0.15) is 0 Å². The molecular formula is C42H53N5O6. The van der Waals surface area contributed by atoms with Crippen molar-refractivity contribution in [2.45, 2.75) is 84.9 Å². The van der Waals surface area contributed by atoms with Crippen LogP contribution in [0.5, 0.6) is 5.75 Å². The molecule has 1 aliphatic rings. The number of rotatable bonds is 18. The van der Waals surface area contributed by atoms with Crippen molar-refractivity contribution in [3.8, 4) is 5.75 Å². The van der Waals surface area contributed by atoms with Crippen LogP contribution in [-0.4, -0.2) is 72.0 Å². The second-order valence-electron chi connectivity index (χ2n) is 14.4. The number of pyridine rings is 1. The number of para-hydroxylation sites is 1. The minimum Gasteiger partial charge on any atom is -0.488 e. The fraction of sp³-hybridized carbons (Fsp3) is 0.429. The zero-order chi connectivity index (χ0) is 37.8. The summed E-state index contributed by atoms with van der Waals surface area (Å²) in [6, 6.07) is 25.7. The molecule has 1 aromatic heterocycles. The number of carbonyl (C=O) groups excluding carboxylic acids is 3. The molecule has 1 atom stereocenters. The van der Waals surface area contributed by atoms with Gasteiger partial charge in [-0.15, -0.1) is 0 Å². The number of hydrogen-bond donors (Lipinski definition) is 3. The SMILES string of the molecule is CCOC(CN(Cc1ccnc2ccccc12)C(=O)[C@H](Cc1ccc(OC(C)(C)C)cc1)NC(=O)C1(CNC(=O)NCc2ccccc2)CC1)OCC. The molecule has 1 saturated carbocycles. The summed E-state index contributed by atoms with van der Waals surface area (Å²) in [4.78, 5) is 47.8. The van der Waals surface area contributed by atoms with E-state index in [1.807, 2.05) is 120 Å². The summed E-state index contributed by atoms with van der Waals surface area (Å²) in [7, 11) is 0. The highest BCUT2D eigenvalue weighted by molar-refractivity contribution is 5.92. The molecule has 0 aliphatic heterocycles. The van der Waals surface area contributed by atoms with Crippen LogP contribution in [0, 0.1) is 5.41 Å². The van der Waals surface area contributed by atoms with Gasteiger partial charge in [-0.05, 0) is 88.4 Å². The fourth-order valence-electron chi connectivity index (χ4n) is 6.18. The third kappa shape index (κ3) is 11.5. The number of fused-ring (bicyclic) bond motifs is 1. The zero-order valence-corrected chi connectivity index (χ0v) is 31.5. The van der Waals surface area contributed by atoms with Crippen molar-refractivity contribution in [1.29, 1.82) is 0 Å². The number of hydrogen-bond acceptors (Lipinski definition) is 7. The maximum Gasteiger partial charge on any atom is 0.315 e. The molecule has 11 heteroatoms. The van der Waals surface area contributed by atoms with Crippen LogP contribution in [-0.2, 0) is 38.6 Å². The van der Waals surface area contributed by atoms with Crippen molar-refractivity contribution in [3.05, 3.63) is 108 Å². The minimum absolute atomic E-state index is 0.149. The van der Waals surface area contributed by atoms with Gasteiger partial charge in [-0.25, -0.2) is 4.79 Å². The molecule has 0 unspecified atom stereocenters. The Hall–Kier alpha value is -5.00. The van der Waals surface area contributed by atoms with Gasteiger partial charge in [0.15, 0.2) is 6.29 Å². The number of nitrogens with zero attached hydrogens (tertiary/aromatic N) is 2. The molecule has 0 spiro atoms. The summed E-state index contributed by atoms with van der Waals surface area (Å²) >= 11 is 0. The van der Waals surface area contributed by atoms with Crippen LogP contribution in [0.4, 0.5) is 4.79 Å². The number of amides is 4. The summed E-state index contributed by atoms with van der Waals surface area (Å²) in [5.41, 5.74) is 2.39. The lowest BCUT2D eigenvalue weighted by Crippen LogP contribution is -2.54. The molecule has 3 aromatic carbocycles. The zero-order valence-electron chi connectivity index (χ0n) is 31.5. The number of benzene rings is 3. The highest BCUT2D eigenvalue weighted by atomic mass is 16.7. The van der Waals surface area contributed by atoms with E-state index in [2.05, 4.69) is 20.9 Å². The van der Waals surface area contributed by atoms with Gasteiger partial charge in [-0.3, -0.25) is 14.6 Å². The number of nitrogens with one attached hydrogen (secondary N) is 3. The molecule has 3 N–H and O–H groups in total. The van der Waals surface area contributed by atoms with Crippen LogP contribution in [0.3, 0.4) is 0 Å². The first-order chi connectivity index (χ1) is 25.5. The quantitative estimate of drug-likeness (QED) is 0.105. The molecule has 1 aliphatic carbocycles. The average molecular weight is 724 g/mol. The average Bonchev–Trinajstić information content (AvgIpc) is 3.94. The third-order valence-electron chi connectivity index (χ3n) is 9.10. The van der Waals surface area contributed by atoms with Crippen molar-refractivity contribution in [3.63, 3.8) is 0 Å². The number of ether oxygens (including phenoxy) is 3. The molecule has 4 amide bonds. The molecule has 0 saturated heterocycles. The molecule has 282 valence electrons. The Morgan fingerprint density at radius 2 is 1.53 bits per heavy atom. The molecule has 11 nitrogen and oxygen atoms in total. The summed E-state index contributed by atoms with van der Waals surface area (Å²) in [5.74, 6) is 0.166. The van der Waals surface area contributed by atoms with Crippen LogP contribution >= 0.6 is 0 Å². The van der Waals surface area contributed by atoms with Crippen LogP contribution in [0.25, 0.3) is 10.9 Å². The number of carbonyl (C=O) groups is 3. The van der Waals surface area contributed by atoms with Crippen molar-refractivity contribution in [2.24, 2.45) is 5.41 Å². The molecule has 1 heterocycles. The Labute approximate surface area is 312 Å². The van der Waals surface area contributed by atoms with Gasteiger partial charge in [0, 0.05) is 50.9 Å². The predicted molar refractivity (Wildman–Crippen MR) is 205 cm³/mol. The Morgan fingerprint density at radius 3 is 2.19 bits per heavy atom. The first-order valence-electron chi connectivity index (χ1n) is 18.5. The van der Waals surface area contributed by atoms with E-state index in [-0.39, 0.29) is 49.5 Å². The van der Waals surface area contributed by atoms with E-state index in [1.54, 1.807) is 11.1 Å². The van der Waals surface area contributed by atoms with E-state index in [1.165, 1.54) is 0 Å². The largest absolute Gasteiger partial charge is 0.488 e. The fourth-order valence-corrected chi connectivity index (χ4v) is 6.18. The Morgan fingerprint density at radius 1 is 0.849 bits per heavy atom. The summed E-state index contributed by atoms with van der Waals surface area (Å²) in [6.07, 6.45) is 2.51. The van der Waals surface area contributed by atoms with E-state index in [9.17, 15) is 14.4 Å². The van der Waals surface area contributed by atoms with E-state index >= 15 is 0 Å². The van der Waals surface area contributed by atoms with Gasteiger partial charge in [0.05, 0.1) is 17.5 Å². The van der Waals surface area contributed by atoms with Gasteiger partial charge in [-0.1, -0.05) is 60.7 Å². The molecule has 0 bridgehead atoms. The topological polar surface area (TPSA) is 131 Å².